The molecule has 2 aromatic carbocycles. The summed E-state index contributed by atoms with van der Waals surface area (Å²) in [5.74, 6) is -0.536. The van der Waals surface area contributed by atoms with Gasteiger partial charge in [-0.2, -0.15) is 0 Å². The molecule has 7 nitrogen and oxygen atoms in total. The molecule has 0 spiro atoms. The van der Waals surface area contributed by atoms with Crippen molar-refractivity contribution in [3.05, 3.63) is 63.5 Å². The third-order valence-electron chi connectivity index (χ3n) is 5.11. The van der Waals surface area contributed by atoms with Crippen LogP contribution in [0.1, 0.15) is 11.1 Å². The molecule has 0 aliphatic carbocycles. The van der Waals surface area contributed by atoms with Crippen LogP contribution in [-0.2, 0) is 4.79 Å². The number of amides is 1. The molecule has 1 aliphatic heterocycles. The minimum absolute atomic E-state index is 0.0995. The van der Waals surface area contributed by atoms with Gasteiger partial charge in [0.05, 0.1) is 11.5 Å². The first-order chi connectivity index (χ1) is 13.3. The van der Waals surface area contributed by atoms with Crippen LogP contribution in [0.25, 0.3) is 0 Å². The predicted octanol–water partition coefficient (Wildman–Crippen LogP) is 3.11. The number of hydrogen-bond donors (Lipinski definition) is 1. The third-order valence-corrected chi connectivity index (χ3v) is 5.11. The minimum Gasteiger partial charge on any atom is -0.369 e. The highest BCUT2D eigenvalue weighted by Gasteiger charge is 2.22. The number of aryl methyl sites for hydroxylation is 1. The van der Waals surface area contributed by atoms with Crippen LogP contribution in [0, 0.1) is 29.8 Å². The molecular weight excluding hydrogens is 363 g/mol. The summed E-state index contributed by atoms with van der Waals surface area (Å²) in [6, 6.07) is 9.46. The van der Waals surface area contributed by atoms with Gasteiger partial charge in [-0.3, -0.25) is 19.8 Å². The number of nitro benzene ring substituents is 1. The molecule has 0 saturated carbocycles. The number of nitro groups is 1. The van der Waals surface area contributed by atoms with E-state index in [9.17, 15) is 19.3 Å². The molecular formula is C20H23FN4O3. The maximum absolute atomic E-state index is 13.1. The summed E-state index contributed by atoms with van der Waals surface area (Å²) < 4.78 is 13.1. The Morgan fingerprint density at radius 3 is 2.36 bits per heavy atom. The van der Waals surface area contributed by atoms with Crippen molar-refractivity contribution >= 4 is 23.0 Å². The van der Waals surface area contributed by atoms with E-state index < -0.39 is 4.92 Å². The summed E-state index contributed by atoms with van der Waals surface area (Å²) in [7, 11) is 0. The molecule has 28 heavy (non-hydrogen) atoms. The van der Waals surface area contributed by atoms with Gasteiger partial charge in [0.2, 0.25) is 5.91 Å². The lowest BCUT2D eigenvalue weighted by molar-refractivity contribution is -0.384. The fourth-order valence-electron chi connectivity index (χ4n) is 3.31. The van der Waals surface area contributed by atoms with Crippen LogP contribution < -0.4 is 10.2 Å². The van der Waals surface area contributed by atoms with E-state index in [0.29, 0.717) is 18.7 Å². The summed E-state index contributed by atoms with van der Waals surface area (Å²) >= 11 is 0. The first-order valence-corrected chi connectivity index (χ1v) is 9.12. The number of carbonyl (C=O) groups is 1. The van der Waals surface area contributed by atoms with Crippen LogP contribution >= 0.6 is 0 Å². The number of rotatable bonds is 5. The quantitative estimate of drug-likeness (QED) is 0.631. The second kappa shape index (κ2) is 8.35. The van der Waals surface area contributed by atoms with Crippen LogP contribution in [0.2, 0.25) is 0 Å². The number of halogens is 1. The molecule has 1 amide bonds. The molecule has 2 aromatic rings. The lowest BCUT2D eigenvalue weighted by atomic mass is 10.1. The molecule has 1 N–H and O–H groups in total. The second-order valence-electron chi connectivity index (χ2n) is 6.95. The van der Waals surface area contributed by atoms with Gasteiger partial charge in [0.15, 0.2) is 0 Å². The first kappa shape index (κ1) is 19.8. The van der Waals surface area contributed by atoms with Crippen LogP contribution in [0.4, 0.5) is 21.5 Å². The molecule has 1 aliphatic rings. The molecule has 3 rings (SSSR count). The summed E-state index contributed by atoms with van der Waals surface area (Å²) in [5.41, 5.74) is 2.70. The lowest BCUT2D eigenvalue weighted by Gasteiger charge is -2.35. The number of hydrogen-bond acceptors (Lipinski definition) is 5. The van der Waals surface area contributed by atoms with Crippen molar-refractivity contribution in [3.63, 3.8) is 0 Å². The van der Waals surface area contributed by atoms with Crippen molar-refractivity contribution in [1.82, 2.24) is 4.90 Å². The van der Waals surface area contributed by atoms with Gasteiger partial charge in [0, 0.05) is 37.9 Å². The lowest BCUT2D eigenvalue weighted by Crippen LogP contribution is -2.48. The highest BCUT2D eigenvalue weighted by atomic mass is 19.1. The zero-order valence-electron chi connectivity index (χ0n) is 15.9. The Kier molecular flexibility index (Phi) is 5.89. The number of nitrogens with zero attached hydrogens (tertiary/aromatic N) is 3. The smallest absolute Gasteiger partial charge is 0.293 e. The topological polar surface area (TPSA) is 78.7 Å². The fraction of sp³-hybridized carbons (Fsp3) is 0.350. The average Bonchev–Trinajstić information content (AvgIpc) is 2.66. The Morgan fingerprint density at radius 2 is 1.75 bits per heavy atom. The van der Waals surface area contributed by atoms with E-state index in [1.165, 1.54) is 18.2 Å². The van der Waals surface area contributed by atoms with Crippen molar-refractivity contribution in [2.45, 2.75) is 13.8 Å². The van der Waals surface area contributed by atoms with Crippen molar-refractivity contribution in [1.29, 1.82) is 0 Å². The summed E-state index contributed by atoms with van der Waals surface area (Å²) in [6.45, 7) is 6.59. The summed E-state index contributed by atoms with van der Waals surface area (Å²) in [6.07, 6.45) is 0. The molecule has 148 valence electrons. The van der Waals surface area contributed by atoms with E-state index in [4.69, 9.17) is 0 Å². The van der Waals surface area contributed by atoms with E-state index in [1.54, 1.807) is 25.1 Å². The van der Waals surface area contributed by atoms with Gasteiger partial charge in [-0.05, 0) is 49.2 Å². The third kappa shape index (κ3) is 4.45. The molecule has 1 fully saturated rings. The van der Waals surface area contributed by atoms with Gasteiger partial charge >= 0.3 is 0 Å². The highest BCUT2D eigenvalue weighted by molar-refractivity contribution is 5.95. The van der Waals surface area contributed by atoms with Gasteiger partial charge in [-0.15, -0.1) is 0 Å². The van der Waals surface area contributed by atoms with E-state index in [-0.39, 0.29) is 29.6 Å². The molecule has 0 bridgehead atoms. The van der Waals surface area contributed by atoms with Crippen LogP contribution in [0.15, 0.2) is 36.4 Å². The number of anilines is 2. The SMILES string of the molecule is Cc1ccc([N+](=O)[O-])c(NC(=O)CN2CCN(c3ccc(F)cc3)CC2)c1C. The van der Waals surface area contributed by atoms with Crippen LogP contribution in [0.5, 0.6) is 0 Å². The van der Waals surface area contributed by atoms with Crippen LogP contribution in [-0.4, -0.2) is 48.5 Å². The molecule has 0 atom stereocenters. The zero-order valence-corrected chi connectivity index (χ0v) is 15.9. The summed E-state index contributed by atoms with van der Waals surface area (Å²) in [4.78, 5) is 27.4. The average molecular weight is 386 g/mol. The maximum Gasteiger partial charge on any atom is 0.293 e. The van der Waals surface area contributed by atoms with E-state index in [0.717, 1.165) is 24.3 Å². The van der Waals surface area contributed by atoms with Gasteiger partial charge < -0.3 is 10.2 Å². The number of nitrogens with one attached hydrogen (secondary N) is 1. The number of piperazine rings is 1. The summed E-state index contributed by atoms with van der Waals surface area (Å²) in [5, 5.41) is 14.0. The van der Waals surface area contributed by atoms with E-state index >= 15 is 0 Å². The molecule has 0 unspecified atom stereocenters. The Morgan fingerprint density at radius 1 is 1.11 bits per heavy atom. The minimum atomic E-state index is -0.483. The van der Waals surface area contributed by atoms with Gasteiger partial charge in [-0.25, -0.2) is 4.39 Å². The van der Waals surface area contributed by atoms with Crippen molar-refractivity contribution in [2.75, 3.05) is 42.9 Å². The number of benzene rings is 2. The monoisotopic (exact) mass is 386 g/mol. The Hall–Kier alpha value is -3.00. The fourth-order valence-corrected chi connectivity index (χ4v) is 3.31. The van der Waals surface area contributed by atoms with Gasteiger partial charge in [-0.1, -0.05) is 6.07 Å². The normalized spacial score (nSPS) is 14.8. The van der Waals surface area contributed by atoms with Gasteiger partial charge in [0.25, 0.3) is 5.69 Å². The van der Waals surface area contributed by atoms with Gasteiger partial charge in [0.1, 0.15) is 11.5 Å². The zero-order chi connectivity index (χ0) is 20.3. The van der Waals surface area contributed by atoms with Crippen molar-refractivity contribution < 1.29 is 14.1 Å². The highest BCUT2D eigenvalue weighted by Crippen LogP contribution is 2.30. The van der Waals surface area contributed by atoms with Crippen molar-refractivity contribution in [2.24, 2.45) is 0 Å². The van der Waals surface area contributed by atoms with Crippen molar-refractivity contribution in [3.8, 4) is 0 Å². The van der Waals surface area contributed by atoms with E-state index in [2.05, 4.69) is 10.2 Å². The largest absolute Gasteiger partial charge is 0.369 e. The number of carbonyl (C=O) groups excluding carboxylic acids is 1. The molecule has 0 radical (unpaired) electrons. The van der Waals surface area contributed by atoms with E-state index in [1.807, 2.05) is 11.8 Å². The maximum atomic E-state index is 13.1. The Labute approximate surface area is 162 Å². The first-order valence-electron chi connectivity index (χ1n) is 9.12. The molecule has 8 heteroatoms. The molecule has 1 saturated heterocycles. The standard InChI is InChI=1S/C20H23FN4O3/c1-14-3-8-18(25(27)28)20(15(14)2)22-19(26)13-23-9-11-24(12-10-23)17-6-4-16(21)5-7-17/h3-8H,9-13H2,1-2H3,(H,22,26). The van der Waals surface area contributed by atoms with Crippen LogP contribution in [0.3, 0.4) is 0 Å². The second-order valence-corrected chi connectivity index (χ2v) is 6.95. The Bertz CT molecular complexity index is 878. The molecule has 1 heterocycles. The Balaban J connectivity index is 1.59. The predicted molar refractivity (Wildman–Crippen MR) is 106 cm³/mol. The molecule has 0 aromatic heterocycles.